The smallest absolute Gasteiger partial charge is 0.221 e. The van der Waals surface area contributed by atoms with Crippen molar-refractivity contribution >= 4 is 11.8 Å². The number of nitrogens with zero attached hydrogens (tertiary/aromatic N) is 3. The Hall–Kier alpha value is -1.36. The molecule has 2 N–H and O–H groups in total. The third kappa shape index (κ3) is 2.82. The fourth-order valence-corrected chi connectivity index (χ4v) is 2.01. The summed E-state index contributed by atoms with van der Waals surface area (Å²) < 4.78 is 5.46. The molecule has 0 radical (unpaired) electrons. The molecule has 0 saturated carbocycles. The predicted molar refractivity (Wildman–Crippen MR) is 63.3 cm³/mol. The van der Waals surface area contributed by atoms with Crippen LogP contribution in [0.2, 0.25) is 0 Å². The second kappa shape index (κ2) is 5.12. The maximum absolute atomic E-state index is 5.56. The van der Waals surface area contributed by atoms with E-state index < -0.39 is 0 Å². The molecule has 1 aromatic heterocycles. The summed E-state index contributed by atoms with van der Waals surface area (Å²) in [6.45, 7) is 2.71. The van der Waals surface area contributed by atoms with Crippen molar-refractivity contribution < 1.29 is 4.74 Å². The zero-order chi connectivity index (χ0) is 11.4. The molecule has 1 fully saturated rings. The van der Waals surface area contributed by atoms with Gasteiger partial charge in [0.1, 0.15) is 5.82 Å². The van der Waals surface area contributed by atoms with E-state index in [2.05, 4.69) is 14.9 Å². The van der Waals surface area contributed by atoms with E-state index in [1.54, 1.807) is 6.20 Å². The van der Waals surface area contributed by atoms with E-state index in [0.29, 0.717) is 11.9 Å². The Kier molecular flexibility index (Phi) is 3.56. The molecule has 1 aliphatic heterocycles. The van der Waals surface area contributed by atoms with Crippen LogP contribution in [0.1, 0.15) is 12.8 Å². The fraction of sp³-hybridized carbons (Fsp3) is 0.636. The fourth-order valence-electron chi connectivity index (χ4n) is 2.01. The number of rotatable bonds is 3. The normalized spacial score (nSPS) is 20.7. The van der Waals surface area contributed by atoms with Gasteiger partial charge < -0.3 is 15.4 Å². The van der Waals surface area contributed by atoms with E-state index in [4.69, 9.17) is 10.5 Å². The van der Waals surface area contributed by atoms with Crippen molar-refractivity contribution in [2.24, 2.45) is 5.92 Å². The van der Waals surface area contributed by atoms with Crippen molar-refractivity contribution in [3.05, 3.63) is 12.3 Å². The number of hydrogen-bond acceptors (Lipinski definition) is 5. The van der Waals surface area contributed by atoms with Crippen LogP contribution in [-0.2, 0) is 4.74 Å². The highest BCUT2D eigenvalue weighted by Gasteiger charge is 2.16. The molecule has 1 aliphatic rings. The third-order valence-corrected chi connectivity index (χ3v) is 2.84. The van der Waals surface area contributed by atoms with Gasteiger partial charge in [-0.15, -0.1) is 0 Å². The maximum atomic E-state index is 5.56. The monoisotopic (exact) mass is 222 g/mol. The van der Waals surface area contributed by atoms with Gasteiger partial charge in [0.05, 0.1) is 6.61 Å². The summed E-state index contributed by atoms with van der Waals surface area (Å²) in [6.07, 6.45) is 4.07. The molecule has 88 valence electrons. The number of hydrogen-bond donors (Lipinski definition) is 1. The first-order chi connectivity index (χ1) is 7.75. The molecule has 1 saturated heterocycles. The van der Waals surface area contributed by atoms with Crippen LogP contribution < -0.4 is 10.6 Å². The molecule has 1 atom stereocenters. The van der Waals surface area contributed by atoms with Gasteiger partial charge in [-0.25, -0.2) is 4.98 Å². The van der Waals surface area contributed by atoms with Gasteiger partial charge in [-0.3, -0.25) is 0 Å². The number of nitrogen functional groups attached to an aromatic ring is 1. The third-order valence-electron chi connectivity index (χ3n) is 2.84. The minimum absolute atomic E-state index is 0.323. The molecule has 16 heavy (non-hydrogen) atoms. The molecule has 5 heteroatoms. The molecule has 5 nitrogen and oxygen atoms in total. The molecule has 0 amide bonds. The Morgan fingerprint density at radius 1 is 1.62 bits per heavy atom. The molecule has 0 aromatic carbocycles. The lowest BCUT2D eigenvalue weighted by molar-refractivity contribution is 0.0576. The molecule has 2 heterocycles. The van der Waals surface area contributed by atoms with Gasteiger partial charge in [-0.2, -0.15) is 4.98 Å². The van der Waals surface area contributed by atoms with Gasteiger partial charge in [0.2, 0.25) is 5.95 Å². The van der Waals surface area contributed by atoms with Crippen LogP contribution in [0.3, 0.4) is 0 Å². The highest BCUT2D eigenvalue weighted by molar-refractivity contribution is 5.39. The van der Waals surface area contributed by atoms with E-state index in [1.807, 2.05) is 13.1 Å². The Labute approximate surface area is 95.6 Å². The number of anilines is 2. The highest BCUT2D eigenvalue weighted by atomic mass is 16.5. The van der Waals surface area contributed by atoms with E-state index in [9.17, 15) is 0 Å². The standard InChI is InChI=1S/C11H18N4O/c1-15(7-9-3-2-6-16-8-9)10-4-5-13-11(12)14-10/h4-5,9H,2-3,6-8H2,1H3,(H2,12,13,14). The Balaban J connectivity index is 1.94. The molecular weight excluding hydrogens is 204 g/mol. The van der Waals surface area contributed by atoms with E-state index >= 15 is 0 Å². The molecule has 1 unspecified atom stereocenters. The van der Waals surface area contributed by atoms with E-state index in [-0.39, 0.29) is 0 Å². The lowest BCUT2D eigenvalue weighted by Gasteiger charge is -2.27. The maximum Gasteiger partial charge on any atom is 0.221 e. The summed E-state index contributed by atoms with van der Waals surface area (Å²) >= 11 is 0. The first kappa shape index (κ1) is 11.1. The molecule has 2 rings (SSSR count). The Morgan fingerprint density at radius 2 is 2.50 bits per heavy atom. The van der Waals surface area contributed by atoms with Crippen LogP contribution in [0.5, 0.6) is 0 Å². The summed E-state index contributed by atoms with van der Waals surface area (Å²) in [7, 11) is 2.02. The summed E-state index contributed by atoms with van der Waals surface area (Å²) in [6, 6.07) is 1.88. The predicted octanol–water partition coefficient (Wildman–Crippen LogP) is 0.922. The van der Waals surface area contributed by atoms with Crippen LogP contribution in [0.15, 0.2) is 12.3 Å². The van der Waals surface area contributed by atoms with Gasteiger partial charge in [0.25, 0.3) is 0 Å². The second-order valence-electron chi connectivity index (χ2n) is 4.24. The van der Waals surface area contributed by atoms with Crippen LogP contribution in [-0.4, -0.2) is 36.8 Å². The van der Waals surface area contributed by atoms with Crippen molar-refractivity contribution in [2.45, 2.75) is 12.8 Å². The summed E-state index contributed by atoms with van der Waals surface area (Å²) in [4.78, 5) is 10.2. The lowest BCUT2D eigenvalue weighted by Crippen LogP contribution is -2.31. The van der Waals surface area contributed by atoms with E-state index in [0.717, 1.165) is 32.0 Å². The van der Waals surface area contributed by atoms with Crippen molar-refractivity contribution in [1.29, 1.82) is 0 Å². The van der Waals surface area contributed by atoms with Gasteiger partial charge in [-0.05, 0) is 24.8 Å². The van der Waals surface area contributed by atoms with Gasteiger partial charge in [0.15, 0.2) is 0 Å². The molecular formula is C11H18N4O. The van der Waals surface area contributed by atoms with E-state index in [1.165, 1.54) is 6.42 Å². The van der Waals surface area contributed by atoms with Crippen LogP contribution in [0.4, 0.5) is 11.8 Å². The SMILES string of the molecule is CN(CC1CCCOC1)c1ccnc(N)n1. The minimum Gasteiger partial charge on any atom is -0.381 e. The molecule has 0 bridgehead atoms. The van der Waals surface area contributed by atoms with Crippen LogP contribution in [0.25, 0.3) is 0 Å². The number of ether oxygens (including phenoxy) is 1. The molecule has 1 aromatic rings. The quantitative estimate of drug-likeness (QED) is 0.824. The largest absolute Gasteiger partial charge is 0.381 e. The summed E-state index contributed by atoms with van der Waals surface area (Å²) in [5.41, 5.74) is 5.56. The Morgan fingerprint density at radius 3 is 3.19 bits per heavy atom. The van der Waals surface area contributed by atoms with Crippen molar-refractivity contribution in [3.63, 3.8) is 0 Å². The first-order valence-electron chi connectivity index (χ1n) is 5.63. The van der Waals surface area contributed by atoms with Crippen LogP contribution >= 0.6 is 0 Å². The minimum atomic E-state index is 0.323. The number of nitrogens with two attached hydrogens (primary N) is 1. The van der Waals surface area contributed by atoms with Gasteiger partial charge in [-0.1, -0.05) is 0 Å². The molecule has 0 aliphatic carbocycles. The lowest BCUT2D eigenvalue weighted by atomic mass is 10.0. The highest BCUT2D eigenvalue weighted by Crippen LogP contribution is 2.17. The number of aromatic nitrogens is 2. The summed E-state index contributed by atoms with van der Waals surface area (Å²) in [5.74, 6) is 1.79. The van der Waals surface area contributed by atoms with Crippen molar-refractivity contribution in [3.8, 4) is 0 Å². The topological polar surface area (TPSA) is 64.3 Å². The second-order valence-corrected chi connectivity index (χ2v) is 4.24. The van der Waals surface area contributed by atoms with Gasteiger partial charge in [0, 0.05) is 26.4 Å². The molecule has 0 spiro atoms. The Bertz CT molecular complexity index is 339. The van der Waals surface area contributed by atoms with Gasteiger partial charge >= 0.3 is 0 Å². The van der Waals surface area contributed by atoms with Crippen molar-refractivity contribution in [2.75, 3.05) is 37.4 Å². The summed E-state index contributed by atoms with van der Waals surface area (Å²) in [5, 5.41) is 0. The zero-order valence-electron chi connectivity index (χ0n) is 9.59. The average molecular weight is 222 g/mol. The first-order valence-corrected chi connectivity index (χ1v) is 5.63. The average Bonchev–Trinajstić information content (AvgIpc) is 2.30. The zero-order valence-corrected chi connectivity index (χ0v) is 9.59. The van der Waals surface area contributed by atoms with Crippen molar-refractivity contribution in [1.82, 2.24) is 9.97 Å². The van der Waals surface area contributed by atoms with Crippen LogP contribution in [0, 0.1) is 5.92 Å².